The Bertz CT molecular complexity index is 2120. The maximum Gasteiger partial charge on any atom is 0.410 e. The SMILES string of the molecule is CC(C(=O)NC(C(=O)N1Cc2cc(OCCOCCN3C(=O)c4ccccc4C3=O)ccc2C[C@H]1C(=O)N[C@@H]1CCCc2ccccc21)C(C)(C)C)N(C)C(=O)OC(C)(C)C. The van der Waals surface area contributed by atoms with Crippen LogP contribution in [0.15, 0.2) is 66.7 Å². The number of amides is 6. The number of carbonyl (C=O) groups excluding carboxylic acids is 6. The van der Waals surface area contributed by atoms with Gasteiger partial charge in [-0.05, 0) is 98.9 Å². The molecule has 2 N–H and O–H groups in total. The smallest absolute Gasteiger partial charge is 0.410 e. The number of imide groups is 1. The zero-order valence-electron chi connectivity index (χ0n) is 36.5. The number of hydrogen-bond acceptors (Lipinski definition) is 9. The Morgan fingerprint density at radius 1 is 0.852 bits per heavy atom. The zero-order valence-corrected chi connectivity index (χ0v) is 36.5. The summed E-state index contributed by atoms with van der Waals surface area (Å²) in [7, 11) is 1.47. The summed E-state index contributed by atoms with van der Waals surface area (Å²) in [5, 5.41) is 6.19. The second-order valence-electron chi connectivity index (χ2n) is 18.1. The van der Waals surface area contributed by atoms with Crippen LogP contribution in [0.4, 0.5) is 4.79 Å². The molecule has 326 valence electrons. The number of aryl methyl sites for hydroxylation is 1. The molecule has 6 rings (SSSR count). The number of ether oxygens (including phenoxy) is 3. The molecule has 1 aliphatic carbocycles. The van der Waals surface area contributed by atoms with Crippen molar-refractivity contribution in [2.24, 2.45) is 5.41 Å². The van der Waals surface area contributed by atoms with Crippen LogP contribution < -0.4 is 15.4 Å². The number of hydrogen-bond donors (Lipinski definition) is 2. The summed E-state index contributed by atoms with van der Waals surface area (Å²) in [5.41, 5.74) is 3.18. The molecule has 0 fully saturated rings. The maximum atomic E-state index is 14.9. The summed E-state index contributed by atoms with van der Waals surface area (Å²) in [6.45, 7) is 13.1. The first-order valence-corrected chi connectivity index (χ1v) is 21.1. The van der Waals surface area contributed by atoms with E-state index in [1.807, 2.05) is 57.2 Å². The van der Waals surface area contributed by atoms with E-state index >= 15 is 0 Å². The molecule has 3 aromatic carbocycles. The van der Waals surface area contributed by atoms with Crippen molar-refractivity contribution >= 4 is 35.6 Å². The molecular formula is C47H59N5O9. The van der Waals surface area contributed by atoms with Crippen molar-refractivity contribution in [3.63, 3.8) is 0 Å². The average molecular weight is 838 g/mol. The number of nitrogens with one attached hydrogen (secondary N) is 2. The predicted octanol–water partition coefficient (Wildman–Crippen LogP) is 5.61. The first-order chi connectivity index (χ1) is 28.8. The quantitative estimate of drug-likeness (QED) is 0.165. The van der Waals surface area contributed by atoms with Crippen molar-refractivity contribution in [1.82, 2.24) is 25.3 Å². The highest BCUT2D eigenvalue weighted by atomic mass is 16.6. The molecule has 0 saturated carbocycles. The number of fused-ring (bicyclic) bond motifs is 3. The van der Waals surface area contributed by atoms with Crippen molar-refractivity contribution in [2.45, 2.75) is 110 Å². The van der Waals surface area contributed by atoms with Gasteiger partial charge in [0.2, 0.25) is 17.7 Å². The minimum absolute atomic E-state index is 0.0807. The largest absolute Gasteiger partial charge is 0.491 e. The monoisotopic (exact) mass is 837 g/mol. The van der Waals surface area contributed by atoms with Gasteiger partial charge < -0.3 is 29.7 Å². The van der Waals surface area contributed by atoms with Crippen molar-refractivity contribution < 1.29 is 43.0 Å². The Labute approximate surface area is 358 Å². The molecule has 14 nitrogen and oxygen atoms in total. The van der Waals surface area contributed by atoms with Crippen molar-refractivity contribution in [3.05, 3.63) is 100 Å². The Balaban J connectivity index is 1.16. The van der Waals surface area contributed by atoms with E-state index in [1.165, 1.54) is 22.4 Å². The van der Waals surface area contributed by atoms with Crippen LogP contribution in [0, 0.1) is 5.41 Å². The number of likely N-dealkylation sites (N-methyl/N-ethyl adjacent to an activating group) is 1. The van der Waals surface area contributed by atoms with Crippen molar-refractivity contribution in [2.75, 3.05) is 33.4 Å². The van der Waals surface area contributed by atoms with Gasteiger partial charge in [0, 0.05) is 20.0 Å². The molecule has 0 radical (unpaired) electrons. The van der Waals surface area contributed by atoms with Crippen LogP contribution in [0.2, 0.25) is 0 Å². The van der Waals surface area contributed by atoms with Crippen molar-refractivity contribution in [1.29, 1.82) is 0 Å². The lowest BCUT2D eigenvalue weighted by atomic mass is 9.83. The third-order valence-electron chi connectivity index (χ3n) is 11.5. The molecule has 3 aromatic rings. The number of carbonyl (C=O) groups is 6. The highest BCUT2D eigenvalue weighted by molar-refractivity contribution is 6.21. The van der Waals surface area contributed by atoms with Gasteiger partial charge in [-0.1, -0.05) is 63.2 Å². The highest BCUT2D eigenvalue weighted by Crippen LogP contribution is 2.33. The second kappa shape index (κ2) is 18.5. The van der Waals surface area contributed by atoms with Gasteiger partial charge in [-0.15, -0.1) is 0 Å². The molecule has 3 aliphatic rings. The predicted molar refractivity (Wildman–Crippen MR) is 228 cm³/mol. The number of rotatable bonds is 13. The molecule has 61 heavy (non-hydrogen) atoms. The standard InChI is InChI=1S/C47H59N5O9/c1-29(50(8)45(58)61-47(5,6)7)40(53)49-39(46(2,3)4)44(57)52-28-32-26-33(60-25-24-59-23-22-51-42(55)35-17-11-12-18-36(35)43(51)56)21-20-31(32)27-38(52)41(54)48-37-19-13-15-30-14-9-10-16-34(30)37/h9-12,14,16-18,20-21,26,29,37-39H,13,15,19,22-25,27-28H2,1-8H3,(H,48,54)(H,49,53)/t29?,37-,38+,39?/m1/s1. The van der Waals surface area contributed by atoms with E-state index in [0.29, 0.717) is 16.9 Å². The van der Waals surface area contributed by atoms with Gasteiger partial charge in [0.1, 0.15) is 36.1 Å². The lowest BCUT2D eigenvalue weighted by Crippen LogP contribution is -2.62. The molecule has 0 aromatic heterocycles. The molecule has 0 spiro atoms. The average Bonchev–Trinajstić information content (AvgIpc) is 3.46. The zero-order chi connectivity index (χ0) is 44.2. The molecule has 2 heterocycles. The minimum Gasteiger partial charge on any atom is -0.491 e. The van der Waals surface area contributed by atoms with E-state index in [1.54, 1.807) is 56.9 Å². The molecule has 6 amide bonds. The maximum absolute atomic E-state index is 14.9. The van der Waals surface area contributed by atoms with Gasteiger partial charge in [-0.2, -0.15) is 0 Å². The van der Waals surface area contributed by atoms with Gasteiger partial charge in [0.15, 0.2) is 0 Å². The summed E-state index contributed by atoms with van der Waals surface area (Å²) in [4.78, 5) is 85.2. The normalized spacial score (nSPS) is 18.3. The Morgan fingerprint density at radius 3 is 2.20 bits per heavy atom. The number of benzene rings is 3. The second-order valence-corrected chi connectivity index (χ2v) is 18.1. The summed E-state index contributed by atoms with van der Waals surface area (Å²) in [5.74, 6) is -1.38. The fourth-order valence-electron chi connectivity index (χ4n) is 7.95. The third-order valence-corrected chi connectivity index (χ3v) is 11.5. The van der Waals surface area contributed by atoms with Crippen molar-refractivity contribution in [3.8, 4) is 5.75 Å². The van der Waals surface area contributed by atoms with Crippen LogP contribution >= 0.6 is 0 Å². The topological polar surface area (TPSA) is 164 Å². The Kier molecular flexibility index (Phi) is 13.6. The molecule has 4 atom stereocenters. The fraction of sp³-hybridized carbons (Fsp3) is 0.489. The lowest BCUT2D eigenvalue weighted by Gasteiger charge is -2.42. The molecule has 2 unspecified atom stereocenters. The molecule has 0 saturated heterocycles. The van der Waals surface area contributed by atoms with Gasteiger partial charge in [0.05, 0.1) is 36.9 Å². The lowest BCUT2D eigenvalue weighted by molar-refractivity contribution is -0.147. The Hall–Kier alpha value is -5.76. The summed E-state index contributed by atoms with van der Waals surface area (Å²) in [6.07, 6.45) is 2.20. The highest BCUT2D eigenvalue weighted by Gasteiger charge is 2.44. The Morgan fingerprint density at radius 2 is 1.52 bits per heavy atom. The van der Waals surface area contributed by atoms with Crippen LogP contribution in [0.25, 0.3) is 0 Å². The molecule has 14 heteroatoms. The third kappa shape index (κ3) is 10.4. The van der Waals surface area contributed by atoms with E-state index in [9.17, 15) is 28.8 Å². The summed E-state index contributed by atoms with van der Waals surface area (Å²) in [6, 6.07) is 17.3. The van der Waals surface area contributed by atoms with Crippen LogP contribution in [-0.4, -0.2) is 107 Å². The van der Waals surface area contributed by atoms with E-state index in [2.05, 4.69) is 16.7 Å². The molecule has 2 aliphatic heterocycles. The minimum atomic E-state index is -1.06. The van der Waals surface area contributed by atoms with E-state index in [-0.39, 0.29) is 63.1 Å². The summed E-state index contributed by atoms with van der Waals surface area (Å²) < 4.78 is 17.2. The van der Waals surface area contributed by atoms with E-state index in [4.69, 9.17) is 14.2 Å². The van der Waals surface area contributed by atoms with Crippen LogP contribution in [0.1, 0.15) is 110 Å². The fourth-order valence-corrected chi connectivity index (χ4v) is 7.95. The van der Waals surface area contributed by atoms with E-state index in [0.717, 1.165) is 36.0 Å². The first kappa shape index (κ1) is 44.8. The van der Waals surface area contributed by atoms with Crippen LogP contribution in [0.5, 0.6) is 5.75 Å². The van der Waals surface area contributed by atoms with Gasteiger partial charge in [-0.25, -0.2) is 4.79 Å². The van der Waals surface area contributed by atoms with Crippen LogP contribution in [-0.2, 0) is 43.2 Å². The van der Waals surface area contributed by atoms with Gasteiger partial charge in [0.25, 0.3) is 11.8 Å². The number of nitrogens with zero attached hydrogens (tertiary/aromatic N) is 3. The van der Waals surface area contributed by atoms with Gasteiger partial charge in [-0.3, -0.25) is 33.8 Å². The molecule has 0 bridgehead atoms. The van der Waals surface area contributed by atoms with Crippen LogP contribution in [0.3, 0.4) is 0 Å². The first-order valence-electron chi connectivity index (χ1n) is 21.1. The van der Waals surface area contributed by atoms with Gasteiger partial charge >= 0.3 is 6.09 Å². The molecular weight excluding hydrogens is 779 g/mol. The summed E-state index contributed by atoms with van der Waals surface area (Å²) >= 11 is 0. The van der Waals surface area contributed by atoms with E-state index < -0.39 is 47.0 Å².